The summed E-state index contributed by atoms with van der Waals surface area (Å²) in [6, 6.07) is 6.16. The minimum Gasteiger partial charge on any atom is -0.486 e. The van der Waals surface area contributed by atoms with Gasteiger partial charge in [0.25, 0.3) is 0 Å². The smallest absolute Gasteiger partial charge is 0.161 e. The number of hydrazine groups is 1. The average Bonchev–Trinajstić information content (AvgIpc) is 2.56. The largest absolute Gasteiger partial charge is 0.486 e. The Morgan fingerprint density at radius 2 is 2.00 bits per heavy atom. The van der Waals surface area contributed by atoms with E-state index in [1.54, 1.807) is 0 Å². The molecule has 0 spiro atoms. The summed E-state index contributed by atoms with van der Waals surface area (Å²) in [5.41, 5.74) is 4.05. The zero-order chi connectivity index (χ0) is 14.5. The van der Waals surface area contributed by atoms with E-state index in [1.165, 1.54) is 19.3 Å². The maximum atomic E-state index is 5.79. The second-order valence-electron chi connectivity index (χ2n) is 5.69. The molecular formula is C16H24N2O3. The van der Waals surface area contributed by atoms with Crippen molar-refractivity contribution in [2.75, 3.05) is 19.8 Å². The summed E-state index contributed by atoms with van der Waals surface area (Å²) >= 11 is 0. The number of hydrogen-bond donors (Lipinski definition) is 2. The normalized spacial score (nSPS) is 22.8. The summed E-state index contributed by atoms with van der Waals surface area (Å²) in [5, 5.41) is 0. The summed E-state index contributed by atoms with van der Waals surface area (Å²) in [6.45, 7) is 2.12. The highest BCUT2D eigenvalue weighted by atomic mass is 16.6. The van der Waals surface area contributed by atoms with Crippen LogP contribution in [0.15, 0.2) is 18.2 Å². The number of fused-ring (bicyclic) bond motifs is 1. The first-order valence-corrected chi connectivity index (χ1v) is 7.84. The van der Waals surface area contributed by atoms with Gasteiger partial charge in [0.1, 0.15) is 13.2 Å². The van der Waals surface area contributed by atoms with Crippen molar-refractivity contribution in [3.05, 3.63) is 23.8 Å². The second kappa shape index (κ2) is 7.11. The maximum Gasteiger partial charge on any atom is 0.161 e. The Kier molecular flexibility index (Phi) is 4.95. The Bertz CT molecular complexity index is 461. The molecular weight excluding hydrogens is 268 g/mol. The topological polar surface area (TPSA) is 65.7 Å². The molecule has 2 unspecified atom stereocenters. The molecule has 0 aliphatic carbocycles. The third-order valence-electron chi connectivity index (χ3n) is 4.22. The first-order chi connectivity index (χ1) is 10.4. The maximum absolute atomic E-state index is 5.79. The molecule has 1 fully saturated rings. The quantitative estimate of drug-likeness (QED) is 0.644. The summed E-state index contributed by atoms with van der Waals surface area (Å²) in [5.74, 6) is 7.36. The highest BCUT2D eigenvalue weighted by Crippen LogP contribution is 2.33. The monoisotopic (exact) mass is 292 g/mol. The van der Waals surface area contributed by atoms with Crippen LogP contribution in [0.3, 0.4) is 0 Å². The van der Waals surface area contributed by atoms with Crippen LogP contribution in [0.1, 0.15) is 43.7 Å². The minimum absolute atomic E-state index is 0.117. The van der Waals surface area contributed by atoms with E-state index < -0.39 is 0 Å². The molecule has 2 aliphatic heterocycles. The van der Waals surface area contributed by atoms with Gasteiger partial charge in [0, 0.05) is 12.6 Å². The fourth-order valence-electron chi connectivity index (χ4n) is 3.01. The van der Waals surface area contributed by atoms with Gasteiger partial charge < -0.3 is 14.2 Å². The van der Waals surface area contributed by atoms with Crippen molar-refractivity contribution in [3.63, 3.8) is 0 Å². The van der Waals surface area contributed by atoms with E-state index in [-0.39, 0.29) is 6.04 Å². The van der Waals surface area contributed by atoms with Crippen molar-refractivity contribution in [3.8, 4) is 11.5 Å². The predicted octanol–water partition coefficient (Wildman–Crippen LogP) is 2.31. The Labute approximate surface area is 125 Å². The van der Waals surface area contributed by atoms with Crippen LogP contribution >= 0.6 is 0 Å². The fourth-order valence-corrected chi connectivity index (χ4v) is 3.01. The van der Waals surface area contributed by atoms with Crippen molar-refractivity contribution < 1.29 is 14.2 Å². The van der Waals surface area contributed by atoms with Gasteiger partial charge in [-0.2, -0.15) is 0 Å². The zero-order valence-corrected chi connectivity index (χ0v) is 12.3. The molecule has 0 radical (unpaired) electrons. The molecule has 1 aromatic rings. The molecule has 1 saturated heterocycles. The van der Waals surface area contributed by atoms with Crippen LogP contribution < -0.4 is 20.7 Å². The number of rotatable bonds is 5. The molecule has 21 heavy (non-hydrogen) atoms. The van der Waals surface area contributed by atoms with Crippen LogP contribution in [0.25, 0.3) is 0 Å². The van der Waals surface area contributed by atoms with Gasteiger partial charge in [-0.1, -0.05) is 6.07 Å². The van der Waals surface area contributed by atoms with Gasteiger partial charge in [-0.15, -0.1) is 0 Å². The Hall–Kier alpha value is -1.30. The molecule has 0 bridgehead atoms. The van der Waals surface area contributed by atoms with Crippen molar-refractivity contribution in [1.82, 2.24) is 5.43 Å². The van der Waals surface area contributed by atoms with Gasteiger partial charge in [0.05, 0.1) is 6.10 Å². The lowest BCUT2D eigenvalue weighted by molar-refractivity contribution is 0.00854. The average molecular weight is 292 g/mol. The van der Waals surface area contributed by atoms with Gasteiger partial charge in [-0.05, 0) is 49.8 Å². The van der Waals surface area contributed by atoms with E-state index in [0.29, 0.717) is 19.3 Å². The van der Waals surface area contributed by atoms with E-state index in [9.17, 15) is 0 Å². The van der Waals surface area contributed by atoms with Crippen molar-refractivity contribution >= 4 is 0 Å². The first kappa shape index (κ1) is 14.6. The molecule has 5 nitrogen and oxygen atoms in total. The fraction of sp³-hybridized carbons (Fsp3) is 0.625. The third kappa shape index (κ3) is 3.67. The lowest BCUT2D eigenvalue weighted by atomic mass is 9.97. The zero-order valence-electron chi connectivity index (χ0n) is 12.3. The Morgan fingerprint density at radius 3 is 2.76 bits per heavy atom. The van der Waals surface area contributed by atoms with Crippen molar-refractivity contribution in [2.24, 2.45) is 5.84 Å². The predicted molar refractivity (Wildman–Crippen MR) is 80.3 cm³/mol. The van der Waals surface area contributed by atoms with Crippen LogP contribution in [0.2, 0.25) is 0 Å². The lowest BCUT2D eigenvalue weighted by Crippen LogP contribution is -2.30. The van der Waals surface area contributed by atoms with Crippen molar-refractivity contribution in [2.45, 2.75) is 44.2 Å². The molecule has 5 heteroatoms. The second-order valence-corrected chi connectivity index (χ2v) is 5.69. The molecule has 2 atom stereocenters. The molecule has 2 heterocycles. The summed E-state index contributed by atoms with van der Waals surface area (Å²) in [6.07, 6.45) is 6.00. The molecule has 0 amide bonds. The van der Waals surface area contributed by atoms with Gasteiger partial charge in [-0.3, -0.25) is 11.3 Å². The molecule has 2 aliphatic rings. The molecule has 3 rings (SSSR count). The molecule has 116 valence electrons. The van der Waals surface area contributed by atoms with E-state index in [4.69, 9.17) is 20.1 Å². The number of nitrogens with two attached hydrogens (primary N) is 1. The SMILES string of the molecule is NNC(CCC1CCCCO1)c1ccc2c(c1)OCCO2. The highest BCUT2D eigenvalue weighted by molar-refractivity contribution is 5.44. The van der Waals surface area contributed by atoms with Gasteiger partial charge in [-0.25, -0.2) is 0 Å². The number of nitrogens with one attached hydrogen (secondary N) is 1. The van der Waals surface area contributed by atoms with Crippen LogP contribution in [0, 0.1) is 0 Å². The minimum atomic E-state index is 0.117. The third-order valence-corrected chi connectivity index (χ3v) is 4.22. The van der Waals surface area contributed by atoms with E-state index >= 15 is 0 Å². The molecule has 0 saturated carbocycles. The van der Waals surface area contributed by atoms with E-state index in [2.05, 4.69) is 11.5 Å². The van der Waals surface area contributed by atoms with E-state index in [1.807, 2.05) is 12.1 Å². The standard InChI is InChI=1S/C16H24N2O3/c17-18-14(6-5-13-3-1-2-8-19-13)12-4-7-15-16(11-12)21-10-9-20-15/h4,7,11,13-14,18H,1-3,5-6,8-10,17H2. The first-order valence-electron chi connectivity index (χ1n) is 7.84. The summed E-state index contributed by atoms with van der Waals surface area (Å²) in [7, 11) is 0. The lowest BCUT2D eigenvalue weighted by Gasteiger charge is -2.25. The summed E-state index contributed by atoms with van der Waals surface area (Å²) < 4.78 is 17.0. The van der Waals surface area contributed by atoms with Crippen LogP contribution in [0.4, 0.5) is 0 Å². The molecule has 0 aromatic heterocycles. The van der Waals surface area contributed by atoms with Crippen molar-refractivity contribution in [1.29, 1.82) is 0 Å². The molecule has 1 aromatic carbocycles. The van der Waals surface area contributed by atoms with Gasteiger partial charge in [0.15, 0.2) is 11.5 Å². The van der Waals surface area contributed by atoms with Gasteiger partial charge in [0.2, 0.25) is 0 Å². The van der Waals surface area contributed by atoms with E-state index in [0.717, 1.165) is 36.5 Å². The number of hydrogen-bond acceptors (Lipinski definition) is 5. The number of ether oxygens (including phenoxy) is 3. The highest BCUT2D eigenvalue weighted by Gasteiger charge is 2.19. The van der Waals surface area contributed by atoms with Crippen LogP contribution in [0.5, 0.6) is 11.5 Å². The van der Waals surface area contributed by atoms with Crippen LogP contribution in [-0.4, -0.2) is 25.9 Å². The molecule has 3 N–H and O–H groups in total. The van der Waals surface area contributed by atoms with Gasteiger partial charge >= 0.3 is 0 Å². The summed E-state index contributed by atoms with van der Waals surface area (Å²) in [4.78, 5) is 0. The number of benzene rings is 1. The Morgan fingerprint density at radius 1 is 1.14 bits per heavy atom. The Balaban J connectivity index is 1.62. The van der Waals surface area contributed by atoms with Crippen LogP contribution in [-0.2, 0) is 4.74 Å².